The number of esters is 1. The van der Waals surface area contributed by atoms with Gasteiger partial charge in [0, 0.05) is 10.7 Å². The van der Waals surface area contributed by atoms with E-state index in [9.17, 15) is 9.59 Å². The highest BCUT2D eigenvalue weighted by Crippen LogP contribution is 2.15. The van der Waals surface area contributed by atoms with Crippen molar-refractivity contribution in [3.05, 3.63) is 64.2 Å². The first-order valence-electron chi connectivity index (χ1n) is 6.76. The molecule has 0 aliphatic heterocycles. The highest BCUT2D eigenvalue weighted by atomic mass is 35.5. The summed E-state index contributed by atoms with van der Waals surface area (Å²) >= 11 is 5.76. The number of carbonyl (C=O) groups excluding carboxylic acids is 2. The Morgan fingerprint density at radius 2 is 1.77 bits per heavy atom. The lowest BCUT2D eigenvalue weighted by molar-refractivity contribution is -0.119. The Bertz CT molecular complexity index is 696. The number of halogens is 1. The third kappa shape index (κ3) is 4.09. The smallest absolute Gasteiger partial charge is 0.338 e. The van der Waals surface area contributed by atoms with Crippen LogP contribution in [0.2, 0.25) is 5.02 Å². The summed E-state index contributed by atoms with van der Waals surface area (Å²) < 4.78 is 5.04. The van der Waals surface area contributed by atoms with Crippen molar-refractivity contribution in [1.29, 1.82) is 0 Å². The van der Waals surface area contributed by atoms with Crippen LogP contribution in [0.3, 0.4) is 0 Å². The molecule has 0 fully saturated rings. The number of aryl methyl sites for hydroxylation is 1. The number of benzene rings is 2. The second-order valence-electron chi connectivity index (χ2n) is 4.88. The first kappa shape index (κ1) is 16.0. The minimum Gasteiger partial charge on any atom is -0.452 e. The highest BCUT2D eigenvalue weighted by molar-refractivity contribution is 6.30. The molecule has 2 aromatic rings. The normalized spacial score (nSPS) is 10.1. The molecule has 0 radical (unpaired) electrons. The topological polar surface area (TPSA) is 55.4 Å². The van der Waals surface area contributed by atoms with E-state index in [4.69, 9.17) is 16.3 Å². The van der Waals surface area contributed by atoms with Crippen molar-refractivity contribution in [2.75, 3.05) is 11.9 Å². The van der Waals surface area contributed by atoms with E-state index in [1.54, 1.807) is 36.4 Å². The first-order chi connectivity index (χ1) is 10.5. The fraction of sp³-hybridized carbons (Fsp3) is 0.176. The molecule has 0 aliphatic rings. The van der Waals surface area contributed by atoms with E-state index in [1.165, 1.54) is 0 Å². The molecule has 0 bridgehead atoms. The SMILES string of the molecule is Cc1cccc(C(=O)OCC(=O)Nc2ccc(Cl)cc2)c1C. The van der Waals surface area contributed by atoms with Gasteiger partial charge in [0.25, 0.3) is 5.91 Å². The predicted octanol–water partition coefficient (Wildman–Crippen LogP) is 3.75. The number of ether oxygens (including phenoxy) is 1. The van der Waals surface area contributed by atoms with E-state index in [1.807, 2.05) is 19.9 Å². The average molecular weight is 318 g/mol. The summed E-state index contributed by atoms with van der Waals surface area (Å²) in [6.07, 6.45) is 0. The molecule has 0 unspecified atom stereocenters. The molecule has 4 nitrogen and oxygen atoms in total. The molecule has 0 atom stereocenters. The van der Waals surface area contributed by atoms with Crippen LogP contribution in [0.1, 0.15) is 21.5 Å². The molecule has 0 saturated carbocycles. The Morgan fingerprint density at radius 3 is 2.45 bits per heavy atom. The molecule has 22 heavy (non-hydrogen) atoms. The van der Waals surface area contributed by atoms with Gasteiger partial charge in [-0.15, -0.1) is 0 Å². The lowest BCUT2D eigenvalue weighted by atomic mass is 10.0. The van der Waals surface area contributed by atoms with Crippen molar-refractivity contribution in [3.63, 3.8) is 0 Å². The quantitative estimate of drug-likeness (QED) is 0.874. The Hall–Kier alpha value is -2.33. The van der Waals surface area contributed by atoms with Gasteiger partial charge in [0.05, 0.1) is 5.56 Å². The third-order valence-corrected chi connectivity index (χ3v) is 3.54. The van der Waals surface area contributed by atoms with Gasteiger partial charge in [-0.3, -0.25) is 4.79 Å². The summed E-state index contributed by atoms with van der Waals surface area (Å²) in [5.41, 5.74) is 2.92. The summed E-state index contributed by atoms with van der Waals surface area (Å²) in [4.78, 5) is 23.8. The standard InChI is InChI=1S/C17H16ClNO3/c1-11-4-3-5-15(12(11)2)17(21)22-10-16(20)19-14-8-6-13(18)7-9-14/h3-9H,10H2,1-2H3,(H,19,20). The molecule has 0 aliphatic carbocycles. The van der Waals surface area contributed by atoms with Gasteiger partial charge in [-0.05, 0) is 55.3 Å². The highest BCUT2D eigenvalue weighted by Gasteiger charge is 2.13. The van der Waals surface area contributed by atoms with E-state index in [0.29, 0.717) is 16.3 Å². The molecule has 2 rings (SSSR count). The predicted molar refractivity (Wildman–Crippen MR) is 86.3 cm³/mol. The zero-order valence-corrected chi connectivity index (χ0v) is 13.1. The minimum absolute atomic E-state index is 0.338. The fourth-order valence-electron chi connectivity index (χ4n) is 1.91. The second kappa shape index (κ2) is 7.09. The monoisotopic (exact) mass is 317 g/mol. The van der Waals surface area contributed by atoms with Gasteiger partial charge in [0.1, 0.15) is 0 Å². The zero-order valence-electron chi connectivity index (χ0n) is 12.4. The van der Waals surface area contributed by atoms with Gasteiger partial charge in [-0.2, -0.15) is 0 Å². The molecule has 0 aromatic heterocycles. The average Bonchev–Trinajstić information content (AvgIpc) is 2.50. The molecule has 0 heterocycles. The van der Waals surface area contributed by atoms with Crippen LogP contribution >= 0.6 is 11.6 Å². The maximum Gasteiger partial charge on any atom is 0.338 e. The van der Waals surface area contributed by atoms with Crippen LogP contribution in [0.5, 0.6) is 0 Å². The Balaban J connectivity index is 1.92. The number of anilines is 1. The van der Waals surface area contributed by atoms with Gasteiger partial charge in [-0.25, -0.2) is 4.79 Å². The van der Waals surface area contributed by atoms with Gasteiger partial charge >= 0.3 is 5.97 Å². The van der Waals surface area contributed by atoms with Gasteiger partial charge in [0.2, 0.25) is 0 Å². The van der Waals surface area contributed by atoms with Gasteiger partial charge < -0.3 is 10.1 Å². The van der Waals surface area contributed by atoms with Crippen molar-refractivity contribution < 1.29 is 14.3 Å². The molecular weight excluding hydrogens is 302 g/mol. The van der Waals surface area contributed by atoms with E-state index in [0.717, 1.165) is 11.1 Å². The molecule has 1 amide bonds. The van der Waals surface area contributed by atoms with Crippen molar-refractivity contribution in [3.8, 4) is 0 Å². The molecule has 2 aromatic carbocycles. The van der Waals surface area contributed by atoms with Crippen LogP contribution in [0.4, 0.5) is 5.69 Å². The van der Waals surface area contributed by atoms with Crippen LogP contribution in [0.25, 0.3) is 0 Å². The molecule has 114 valence electrons. The van der Waals surface area contributed by atoms with E-state index >= 15 is 0 Å². The van der Waals surface area contributed by atoms with Crippen LogP contribution in [-0.4, -0.2) is 18.5 Å². The van der Waals surface area contributed by atoms with Crippen molar-refractivity contribution in [2.45, 2.75) is 13.8 Å². The summed E-state index contributed by atoms with van der Waals surface area (Å²) in [5.74, 6) is -0.909. The van der Waals surface area contributed by atoms with Gasteiger partial charge in [-0.1, -0.05) is 23.7 Å². The van der Waals surface area contributed by atoms with Crippen molar-refractivity contribution in [2.24, 2.45) is 0 Å². The number of hydrogen-bond acceptors (Lipinski definition) is 3. The van der Waals surface area contributed by atoms with E-state index < -0.39 is 11.9 Å². The van der Waals surface area contributed by atoms with E-state index in [2.05, 4.69) is 5.32 Å². The lowest BCUT2D eigenvalue weighted by Crippen LogP contribution is -2.21. The third-order valence-electron chi connectivity index (χ3n) is 3.29. The lowest BCUT2D eigenvalue weighted by Gasteiger charge is -2.09. The summed E-state index contributed by atoms with van der Waals surface area (Å²) in [6.45, 7) is 3.42. The Morgan fingerprint density at radius 1 is 1.09 bits per heavy atom. The minimum atomic E-state index is -0.507. The largest absolute Gasteiger partial charge is 0.452 e. The maximum atomic E-state index is 12.0. The number of amides is 1. The number of nitrogens with one attached hydrogen (secondary N) is 1. The van der Waals surface area contributed by atoms with Crippen molar-refractivity contribution >= 4 is 29.2 Å². The van der Waals surface area contributed by atoms with Crippen LogP contribution < -0.4 is 5.32 Å². The maximum absolute atomic E-state index is 12.0. The first-order valence-corrected chi connectivity index (χ1v) is 7.14. The second-order valence-corrected chi connectivity index (χ2v) is 5.32. The van der Waals surface area contributed by atoms with Gasteiger partial charge in [0.15, 0.2) is 6.61 Å². The Kier molecular flexibility index (Phi) is 5.17. The number of hydrogen-bond donors (Lipinski definition) is 1. The molecule has 5 heteroatoms. The summed E-state index contributed by atoms with van der Waals surface area (Å²) in [5, 5.41) is 3.21. The molecule has 0 saturated heterocycles. The van der Waals surface area contributed by atoms with Crippen LogP contribution in [0.15, 0.2) is 42.5 Å². The van der Waals surface area contributed by atoms with Crippen molar-refractivity contribution in [1.82, 2.24) is 0 Å². The zero-order chi connectivity index (χ0) is 16.1. The molecule has 1 N–H and O–H groups in total. The molecular formula is C17H16ClNO3. The Labute approximate surface area is 134 Å². The van der Waals surface area contributed by atoms with Crippen LogP contribution in [0, 0.1) is 13.8 Å². The summed E-state index contributed by atoms with van der Waals surface area (Å²) in [6, 6.07) is 12.1. The molecule has 0 spiro atoms. The summed E-state index contributed by atoms with van der Waals surface area (Å²) in [7, 11) is 0. The number of carbonyl (C=O) groups is 2. The van der Waals surface area contributed by atoms with E-state index in [-0.39, 0.29) is 6.61 Å². The van der Waals surface area contributed by atoms with Crippen LogP contribution in [-0.2, 0) is 9.53 Å². The number of rotatable bonds is 4. The fourth-order valence-corrected chi connectivity index (χ4v) is 2.04.